The Morgan fingerprint density at radius 1 is 1.16 bits per heavy atom. The molecule has 4 rings (SSSR count). The zero-order valence-electron chi connectivity index (χ0n) is 18.8. The van der Waals surface area contributed by atoms with E-state index < -0.39 is 0 Å². The van der Waals surface area contributed by atoms with Crippen molar-refractivity contribution in [2.24, 2.45) is 0 Å². The summed E-state index contributed by atoms with van der Waals surface area (Å²) in [5.41, 5.74) is 2.04. The second-order valence-corrected chi connectivity index (χ2v) is 11.3. The van der Waals surface area contributed by atoms with Gasteiger partial charge in [0, 0.05) is 46.5 Å². The average Bonchev–Trinajstić information content (AvgIpc) is 3.40. The van der Waals surface area contributed by atoms with Crippen molar-refractivity contribution in [3.05, 3.63) is 29.4 Å². The van der Waals surface area contributed by atoms with Gasteiger partial charge in [-0.25, -0.2) is 9.78 Å². The van der Waals surface area contributed by atoms with Crippen molar-refractivity contribution in [3.8, 4) is 10.4 Å². The molecule has 2 fully saturated rings. The Morgan fingerprint density at radius 2 is 1.91 bits per heavy atom. The van der Waals surface area contributed by atoms with Gasteiger partial charge >= 0.3 is 6.09 Å². The van der Waals surface area contributed by atoms with Crippen LogP contribution >= 0.6 is 23.1 Å². The number of carbonyl (C=O) groups is 2. The van der Waals surface area contributed by atoms with Crippen LogP contribution in [0, 0.1) is 0 Å². The zero-order valence-corrected chi connectivity index (χ0v) is 20.5. The van der Waals surface area contributed by atoms with Crippen molar-refractivity contribution in [3.63, 3.8) is 0 Å². The second kappa shape index (κ2) is 10.3. The Kier molecular flexibility index (Phi) is 7.40. The number of rotatable bonds is 7. The minimum atomic E-state index is -0.316. The summed E-state index contributed by atoms with van der Waals surface area (Å²) in [5.74, 6) is 0.383. The molecule has 0 radical (unpaired) electrons. The monoisotopic (exact) mass is 473 g/mol. The summed E-state index contributed by atoms with van der Waals surface area (Å²) < 4.78 is 5.20. The Bertz CT molecular complexity index is 963. The van der Waals surface area contributed by atoms with E-state index in [4.69, 9.17) is 9.72 Å². The second-order valence-electron chi connectivity index (χ2n) is 8.92. The molecule has 1 heterocycles. The van der Waals surface area contributed by atoms with Gasteiger partial charge in [-0.2, -0.15) is 0 Å². The van der Waals surface area contributed by atoms with Crippen molar-refractivity contribution < 1.29 is 14.3 Å². The molecule has 0 spiro atoms. The molecule has 2 aliphatic rings. The lowest BCUT2D eigenvalue weighted by molar-refractivity contribution is -0.114. The number of ether oxygens (including phenoxy) is 1. The third-order valence-electron chi connectivity index (χ3n) is 5.65. The highest BCUT2D eigenvalue weighted by Gasteiger charge is 2.27. The van der Waals surface area contributed by atoms with Crippen LogP contribution in [0.1, 0.15) is 70.2 Å². The van der Waals surface area contributed by atoms with E-state index in [9.17, 15) is 9.59 Å². The van der Waals surface area contributed by atoms with Crippen LogP contribution in [0.5, 0.6) is 0 Å². The standard InChI is InChI=1S/C24H31N3O3S2/c1-14(2)30-24(29)27-17-6-4-16(5-7-17)23-25-13-22(32-23)20-11-8-18(26-15(3)28)12-21(20)31-19-9-10-19/h8,11-14,16-17,19H,4-7,9-10H2,1-3H3,(H,26,28)(H,27,29)/t16-,17-. The van der Waals surface area contributed by atoms with Crippen LogP contribution in [0.4, 0.5) is 10.5 Å². The molecule has 2 aliphatic carbocycles. The van der Waals surface area contributed by atoms with Gasteiger partial charge in [-0.15, -0.1) is 23.1 Å². The summed E-state index contributed by atoms with van der Waals surface area (Å²) in [6, 6.07) is 6.35. The molecule has 6 nitrogen and oxygen atoms in total. The molecular formula is C24H31N3O3S2. The highest BCUT2D eigenvalue weighted by atomic mass is 32.2. The van der Waals surface area contributed by atoms with E-state index in [0.29, 0.717) is 11.2 Å². The van der Waals surface area contributed by atoms with Gasteiger partial charge in [0.15, 0.2) is 0 Å². The number of aromatic nitrogens is 1. The summed E-state index contributed by atoms with van der Waals surface area (Å²) in [7, 11) is 0. The van der Waals surface area contributed by atoms with Crippen LogP contribution < -0.4 is 10.6 Å². The van der Waals surface area contributed by atoms with Crippen molar-refractivity contribution in [2.45, 2.75) is 87.5 Å². The summed E-state index contributed by atoms with van der Waals surface area (Å²) in [6.07, 6.45) is 8.01. The molecule has 2 saturated carbocycles. The Morgan fingerprint density at radius 3 is 2.56 bits per heavy atom. The summed E-state index contributed by atoms with van der Waals surface area (Å²) in [6.45, 7) is 5.26. The number of anilines is 1. The molecule has 172 valence electrons. The van der Waals surface area contributed by atoms with Crippen LogP contribution in [0.15, 0.2) is 29.3 Å². The third-order valence-corrected chi connectivity index (χ3v) is 8.24. The van der Waals surface area contributed by atoms with Gasteiger partial charge in [0.1, 0.15) is 0 Å². The van der Waals surface area contributed by atoms with E-state index in [-0.39, 0.29) is 24.1 Å². The fourth-order valence-electron chi connectivity index (χ4n) is 3.97. The maximum atomic E-state index is 11.9. The Labute approximate surface area is 197 Å². The van der Waals surface area contributed by atoms with Crippen LogP contribution in [0.3, 0.4) is 0 Å². The van der Waals surface area contributed by atoms with Gasteiger partial charge in [-0.05, 0) is 64.5 Å². The molecule has 0 atom stereocenters. The van der Waals surface area contributed by atoms with Crippen LogP contribution in [-0.4, -0.2) is 34.4 Å². The van der Waals surface area contributed by atoms with Crippen LogP contribution in [0.2, 0.25) is 0 Å². The smallest absolute Gasteiger partial charge is 0.407 e. The third kappa shape index (κ3) is 6.25. The molecular weight excluding hydrogens is 442 g/mol. The van der Waals surface area contributed by atoms with E-state index >= 15 is 0 Å². The first-order valence-corrected chi connectivity index (χ1v) is 13.1. The largest absolute Gasteiger partial charge is 0.447 e. The van der Waals surface area contributed by atoms with Gasteiger partial charge in [0.2, 0.25) is 5.91 Å². The molecule has 0 unspecified atom stereocenters. The number of nitrogens with one attached hydrogen (secondary N) is 2. The SMILES string of the molecule is CC(=O)Nc1ccc(-c2cnc([C@H]3CC[C@H](NC(=O)OC(C)C)CC3)s2)c(SC2CC2)c1. The number of amides is 2. The predicted octanol–water partition coefficient (Wildman–Crippen LogP) is 6.18. The number of hydrogen-bond donors (Lipinski definition) is 2. The minimum absolute atomic E-state index is 0.0530. The fourth-order valence-corrected chi connectivity index (χ4v) is 6.39. The van der Waals surface area contributed by atoms with Crippen LogP contribution in [0.25, 0.3) is 10.4 Å². The first-order chi connectivity index (χ1) is 15.4. The molecule has 8 heteroatoms. The lowest BCUT2D eigenvalue weighted by Gasteiger charge is -2.28. The first-order valence-electron chi connectivity index (χ1n) is 11.4. The number of hydrogen-bond acceptors (Lipinski definition) is 6. The van der Waals surface area contributed by atoms with E-state index in [1.807, 2.05) is 37.9 Å². The number of alkyl carbamates (subject to hydrolysis) is 1. The maximum Gasteiger partial charge on any atom is 0.407 e. The van der Waals surface area contributed by atoms with E-state index in [1.54, 1.807) is 11.3 Å². The average molecular weight is 474 g/mol. The summed E-state index contributed by atoms with van der Waals surface area (Å²) in [4.78, 5) is 30.5. The topological polar surface area (TPSA) is 80.3 Å². The first kappa shape index (κ1) is 23.1. The molecule has 2 aromatic rings. The predicted molar refractivity (Wildman–Crippen MR) is 130 cm³/mol. The lowest BCUT2D eigenvalue weighted by Crippen LogP contribution is -2.38. The van der Waals surface area contributed by atoms with Crippen molar-refractivity contribution in [1.82, 2.24) is 10.3 Å². The zero-order chi connectivity index (χ0) is 22.7. The normalized spacial score (nSPS) is 20.8. The molecule has 2 amide bonds. The number of thioether (sulfide) groups is 1. The summed E-state index contributed by atoms with van der Waals surface area (Å²) >= 11 is 3.68. The molecule has 0 bridgehead atoms. The van der Waals surface area contributed by atoms with Crippen molar-refractivity contribution >= 4 is 40.8 Å². The van der Waals surface area contributed by atoms with Crippen LogP contribution in [-0.2, 0) is 9.53 Å². The molecule has 2 N–H and O–H groups in total. The Hall–Kier alpha value is -2.06. The van der Waals surface area contributed by atoms with Gasteiger partial charge in [0.25, 0.3) is 0 Å². The Balaban J connectivity index is 1.41. The minimum Gasteiger partial charge on any atom is -0.447 e. The number of nitrogens with zero attached hydrogens (tertiary/aromatic N) is 1. The van der Waals surface area contributed by atoms with Gasteiger partial charge in [0.05, 0.1) is 16.0 Å². The summed E-state index contributed by atoms with van der Waals surface area (Å²) in [5, 5.41) is 7.75. The lowest BCUT2D eigenvalue weighted by atomic mass is 9.86. The van der Waals surface area contributed by atoms with Gasteiger partial charge in [-0.3, -0.25) is 4.79 Å². The van der Waals surface area contributed by atoms with Gasteiger partial charge < -0.3 is 15.4 Å². The fraction of sp³-hybridized carbons (Fsp3) is 0.542. The van der Waals surface area contributed by atoms with E-state index in [1.165, 1.54) is 40.1 Å². The molecule has 0 aliphatic heterocycles. The molecule has 0 saturated heterocycles. The quantitative estimate of drug-likeness (QED) is 0.502. The van der Waals surface area contributed by atoms with E-state index in [2.05, 4.69) is 22.8 Å². The number of carbonyl (C=O) groups excluding carboxylic acids is 2. The van der Waals surface area contributed by atoms with Crippen molar-refractivity contribution in [2.75, 3.05) is 5.32 Å². The highest BCUT2D eigenvalue weighted by molar-refractivity contribution is 8.00. The van der Waals surface area contributed by atoms with Gasteiger partial charge in [-0.1, -0.05) is 6.07 Å². The maximum absolute atomic E-state index is 11.9. The number of benzene rings is 1. The number of thiazole rings is 1. The highest BCUT2D eigenvalue weighted by Crippen LogP contribution is 2.46. The molecule has 1 aromatic carbocycles. The molecule has 32 heavy (non-hydrogen) atoms. The van der Waals surface area contributed by atoms with Crippen molar-refractivity contribution in [1.29, 1.82) is 0 Å². The molecule has 1 aromatic heterocycles. The van der Waals surface area contributed by atoms with E-state index in [0.717, 1.165) is 31.4 Å².